The molecule has 0 aliphatic heterocycles. The Morgan fingerprint density at radius 3 is 2.71 bits per heavy atom. The van der Waals surface area contributed by atoms with E-state index in [1.807, 2.05) is 6.20 Å². The second-order valence-electron chi connectivity index (χ2n) is 5.13. The molecule has 0 unspecified atom stereocenters. The topological polar surface area (TPSA) is 59.0 Å². The van der Waals surface area contributed by atoms with E-state index in [1.54, 1.807) is 35.2 Å². The number of benzene rings is 1. The maximum Gasteiger partial charge on any atom is 0.244 e. The van der Waals surface area contributed by atoms with Crippen molar-refractivity contribution < 1.29 is 4.79 Å². The van der Waals surface area contributed by atoms with Crippen LogP contribution in [0.4, 0.5) is 5.69 Å². The van der Waals surface area contributed by atoms with Gasteiger partial charge < -0.3 is 15.2 Å². The second-order valence-corrected chi connectivity index (χ2v) is 5.56. The lowest BCUT2D eigenvalue weighted by Gasteiger charge is -2.06. The van der Waals surface area contributed by atoms with Crippen molar-refractivity contribution >= 4 is 23.2 Å². The Bertz CT molecular complexity index is 592. The van der Waals surface area contributed by atoms with Gasteiger partial charge in [0.05, 0.1) is 12.0 Å². The molecule has 2 aromatic rings. The number of hydrogen-bond donors (Lipinski definition) is 2. The minimum atomic E-state index is -0.0990. The van der Waals surface area contributed by atoms with Crippen molar-refractivity contribution in [1.82, 2.24) is 14.9 Å². The Kier molecular flexibility index (Phi) is 5.36. The average molecular weight is 307 g/mol. The fourth-order valence-electron chi connectivity index (χ4n) is 1.79. The predicted molar refractivity (Wildman–Crippen MR) is 84.3 cm³/mol. The summed E-state index contributed by atoms with van der Waals surface area (Å²) in [5.41, 5.74) is 1.65. The van der Waals surface area contributed by atoms with Gasteiger partial charge in [0, 0.05) is 29.5 Å². The smallest absolute Gasteiger partial charge is 0.244 e. The summed E-state index contributed by atoms with van der Waals surface area (Å²) in [4.78, 5) is 16.2. The Morgan fingerprint density at radius 2 is 2.05 bits per heavy atom. The highest BCUT2D eigenvalue weighted by Crippen LogP contribution is 2.13. The molecule has 0 saturated heterocycles. The van der Waals surface area contributed by atoms with Crippen molar-refractivity contribution in [2.75, 3.05) is 5.32 Å². The minimum absolute atomic E-state index is 0.0990. The number of anilines is 1. The van der Waals surface area contributed by atoms with E-state index in [2.05, 4.69) is 29.5 Å². The number of nitrogens with zero attached hydrogens (tertiary/aromatic N) is 2. The molecule has 0 fully saturated rings. The molecule has 1 aromatic carbocycles. The Hall–Kier alpha value is -1.85. The van der Waals surface area contributed by atoms with E-state index < -0.39 is 0 Å². The third-order valence-corrected chi connectivity index (χ3v) is 3.08. The summed E-state index contributed by atoms with van der Waals surface area (Å²) in [6.45, 7) is 5.09. The monoisotopic (exact) mass is 306 g/mol. The fourth-order valence-corrected chi connectivity index (χ4v) is 1.92. The van der Waals surface area contributed by atoms with Gasteiger partial charge in [-0.05, 0) is 24.3 Å². The van der Waals surface area contributed by atoms with E-state index in [0.29, 0.717) is 17.6 Å². The summed E-state index contributed by atoms with van der Waals surface area (Å²) in [7, 11) is 0. The number of imidazole rings is 1. The molecule has 1 amide bonds. The number of aromatic nitrogens is 2. The molecule has 0 aliphatic rings. The van der Waals surface area contributed by atoms with E-state index in [1.165, 1.54) is 0 Å². The fraction of sp³-hybridized carbons (Fsp3) is 0.333. The van der Waals surface area contributed by atoms with Crippen LogP contribution in [-0.2, 0) is 17.9 Å². The molecule has 2 N–H and O–H groups in total. The first kappa shape index (κ1) is 15.5. The number of hydrogen-bond acceptors (Lipinski definition) is 3. The molecule has 0 saturated carbocycles. The number of carbonyl (C=O) groups excluding carboxylic acids is 1. The van der Waals surface area contributed by atoms with Gasteiger partial charge in [0.15, 0.2) is 0 Å². The highest BCUT2D eigenvalue weighted by atomic mass is 35.5. The highest BCUT2D eigenvalue weighted by molar-refractivity contribution is 6.30. The second kappa shape index (κ2) is 7.24. The van der Waals surface area contributed by atoms with Gasteiger partial charge in [-0.1, -0.05) is 25.4 Å². The van der Waals surface area contributed by atoms with Crippen molar-refractivity contribution in [2.24, 2.45) is 0 Å². The van der Waals surface area contributed by atoms with Gasteiger partial charge in [0.25, 0.3) is 0 Å². The van der Waals surface area contributed by atoms with Gasteiger partial charge in [-0.15, -0.1) is 0 Å². The molecule has 0 bridgehead atoms. The Morgan fingerprint density at radius 1 is 1.33 bits per heavy atom. The van der Waals surface area contributed by atoms with Crippen molar-refractivity contribution in [3.8, 4) is 0 Å². The summed E-state index contributed by atoms with van der Waals surface area (Å²) in [6.07, 6.45) is 3.54. The molecular weight excluding hydrogens is 288 g/mol. The van der Waals surface area contributed by atoms with Crippen molar-refractivity contribution in [3.05, 3.63) is 47.5 Å². The lowest BCUT2D eigenvalue weighted by atomic mass is 10.3. The largest absolute Gasteiger partial charge is 0.328 e. The molecule has 0 radical (unpaired) electrons. The number of halogens is 1. The first-order valence-electron chi connectivity index (χ1n) is 6.82. The molecule has 1 heterocycles. The van der Waals surface area contributed by atoms with Crippen LogP contribution in [0.2, 0.25) is 5.02 Å². The Balaban J connectivity index is 1.86. The summed E-state index contributed by atoms with van der Waals surface area (Å²) >= 11 is 5.80. The molecule has 5 nitrogen and oxygen atoms in total. The zero-order chi connectivity index (χ0) is 15.2. The van der Waals surface area contributed by atoms with Crippen LogP contribution >= 0.6 is 11.6 Å². The summed E-state index contributed by atoms with van der Waals surface area (Å²) < 4.78 is 1.77. The highest BCUT2D eigenvalue weighted by Gasteiger charge is 2.05. The van der Waals surface area contributed by atoms with Crippen LogP contribution in [-0.4, -0.2) is 21.5 Å². The standard InChI is InChI=1S/C15H19ClN4O/c1-11(2)17-7-14-8-20(10-18-14)9-15(21)19-13-5-3-12(16)4-6-13/h3-6,8,10-11,17H,7,9H2,1-2H3,(H,19,21). The molecule has 21 heavy (non-hydrogen) atoms. The van der Waals surface area contributed by atoms with Crippen LogP contribution in [0.3, 0.4) is 0 Å². The van der Waals surface area contributed by atoms with E-state index in [9.17, 15) is 4.79 Å². The Labute approximate surface area is 129 Å². The summed E-state index contributed by atoms with van der Waals surface area (Å²) in [5, 5.41) is 6.74. The van der Waals surface area contributed by atoms with E-state index in [4.69, 9.17) is 11.6 Å². The number of carbonyl (C=O) groups is 1. The molecule has 0 aliphatic carbocycles. The van der Waals surface area contributed by atoms with Crippen molar-refractivity contribution in [2.45, 2.75) is 33.0 Å². The van der Waals surface area contributed by atoms with Gasteiger partial charge in [-0.3, -0.25) is 4.79 Å². The molecule has 112 valence electrons. The molecule has 1 aromatic heterocycles. The third kappa shape index (κ3) is 5.21. The van der Waals surface area contributed by atoms with Crippen LogP contribution in [0.15, 0.2) is 36.8 Å². The first-order valence-corrected chi connectivity index (χ1v) is 7.20. The van der Waals surface area contributed by atoms with Gasteiger partial charge in [0.1, 0.15) is 6.54 Å². The quantitative estimate of drug-likeness (QED) is 0.862. The van der Waals surface area contributed by atoms with Crippen LogP contribution in [0.1, 0.15) is 19.5 Å². The van der Waals surface area contributed by atoms with Crippen LogP contribution < -0.4 is 10.6 Å². The van der Waals surface area contributed by atoms with E-state index in [-0.39, 0.29) is 12.5 Å². The lowest BCUT2D eigenvalue weighted by molar-refractivity contribution is -0.116. The van der Waals surface area contributed by atoms with Gasteiger partial charge in [-0.2, -0.15) is 0 Å². The van der Waals surface area contributed by atoms with Crippen LogP contribution in [0.25, 0.3) is 0 Å². The molecule has 0 spiro atoms. The van der Waals surface area contributed by atoms with Crippen molar-refractivity contribution in [3.63, 3.8) is 0 Å². The predicted octanol–water partition coefficient (Wildman–Crippen LogP) is 2.67. The van der Waals surface area contributed by atoms with Crippen molar-refractivity contribution in [1.29, 1.82) is 0 Å². The minimum Gasteiger partial charge on any atom is -0.328 e. The molecular formula is C15H19ClN4O. The lowest BCUT2D eigenvalue weighted by Crippen LogP contribution is -2.22. The zero-order valence-electron chi connectivity index (χ0n) is 12.1. The summed E-state index contributed by atoms with van der Waals surface area (Å²) in [6, 6.07) is 7.43. The SMILES string of the molecule is CC(C)NCc1cn(CC(=O)Nc2ccc(Cl)cc2)cn1. The number of amides is 1. The van der Waals surface area contributed by atoms with Gasteiger partial charge in [0.2, 0.25) is 5.91 Å². The number of rotatable bonds is 6. The third-order valence-electron chi connectivity index (χ3n) is 2.83. The maximum absolute atomic E-state index is 11.9. The average Bonchev–Trinajstić information content (AvgIpc) is 2.86. The molecule has 2 rings (SSSR count). The molecule has 0 atom stereocenters. The zero-order valence-corrected chi connectivity index (χ0v) is 12.9. The van der Waals surface area contributed by atoms with Crippen LogP contribution in [0.5, 0.6) is 0 Å². The maximum atomic E-state index is 11.9. The van der Waals surface area contributed by atoms with Gasteiger partial charge >= 0.3 is 0 Å². The molecule has 6 heteroatoms. The normalized spacial score (nSPS) is 10.9. The van der Waals surface area contributed by atoms with Gasteiger partial charge in [-0.25, -0.2) is 4.98 Å². The van der Waals surface area contributed by atoms with Crippen LogP contribution in [0, 0.1) is 0 Å². The van der Waals surface area contributed by atoms with E-state index >= 15 is 0 Å². The summed E-state index contributed by atoms with van der Waals surface area (Å²) in [5.74, 6) is -0.0990. The van der Waals surface area contributed by atoms with E-state index in [0.717, 1.165) is 11.4 Å². The number of nitrogens with one attached hydrogen (secondary N) is 2. The first-order chi connectivity index (χ1) is 10.0.